The third-order valence-corrected chi connectivity index (χ3v) is 3.42. The van der Waals surface area contributed by atoms with E-state index in [4.69, 9.17) is 0 Å². The zero-order valence-electron chi connectivity index (χ0n) is 13.3. The molecule has 1 aromatic carbocycles. The Morgan fingerprint density at radius 2 is 1.58 bits per heavy atom. The monoisotopic (exact) mass is 323 g/mol. The van der Waals surface area contributed by atoms with E-state index >= 15 is 0 Å². The second kappa shape index (κ2) is 7.50. The van der Waals surface area contributed by atoms with Crippen LogP contribution in [0.15, 0.2) is 54.9 Å². The minimum absolute atomic E-state index is 0.237. The molecule has 0 spiro atoms. The number of benzene rings is 1. The molecule has 0 aliphatic carbocycles. The smallest absolute Gasteiger partial charge is 0.132 e. The van der Waals surface area contributed by atoms with Gasteiger partial charge in [-0.1, -0.05) is 18.2 Å². The molecule has 0 aliphatic rings. The van der Waals surface area contributed by atoms with Crippen molar-refractivity contribution in [1.29, 1.82) is 0 Å². The quantitative estimate of drug-likeness (QED) is 0.726. The SMILES string of the molecule is Cc1nc(NCc2ccc(F)cc2)cc(NCc2cccnc2)n1. The lowest BCUT2D eigenvalue weighted by Crippen LogP contribution is -2.07. The fourth-order valence-electron chi connectivity index (χ4n) is 2.24. The number of pyridine rings is 1. The van der Waals surface area contributed by atoms with Gasteiger partial charge >= 0.3 is 0 Å². The van der Waals surface area contributed by atoms with Gasteiger partial charge in [0.2, 0.25) is 0 Å². The molecule has 5 nitrogen and oxygen atoms in total. The Balaban J connectivity index is 1.63. The number of nitrogens with one attached hydrogen (secondary N) is 2. The second-order valence-electron chi connectivity index (χ2n) is 5.38. The van der Waals surface area contributed by atoms with Crippen molar-refractivity contribution in [2.24, 2.45) is 0 Å². The first-order valence-corrected chi connectivity index (χ1v) is 7.66. The van der Waals surface area contributed by atoms with E-state index in [1.54, 1.807) is 18.3 Å². The maximum Gasteiger partial charge on any atom is 0.132 e. The molecule has 3 aromatic rings. The Labute approximate surface area is 140 Å². The third-order valence-electron chi connectivity index (χ3n) is 3.42. The largest absolute Gasteiger partial charge is 0.366 e. The summed E-state index contributed by atoms with van der Waals surface area (Å²) in [6.45, 7) is 3.05. The number of hydrogen-bond donors (Lipinski definition) is 2. The molecule has 2 N–H and O–H groups in total. The summed E-state index contributed by atoms with van der Waals surface area (Å²) in [5.41, 5.74) is 2.06. The normalized spacial score (nSPS) is 10.4. The van der Waals surface area contributed by atoms with Gasteiger partial charge in [-0.05, 0) is 36.2 Å². The van der Waals surface area contributed by atoms with E-state index < -0.39 is 0 Å². The number of aryl methyl sites for hydroxylation is 1. The van der Waals surface area contributed by atoms with E-state index in [-0.39, 0.29) is 5.82 Å². The van der Waals surface area contributed by atoms with Gasteiger partial charge in [-0.2, -0.15) is 0 Å². The van der Waals surface area contributed by atoms with Crippen LogP contribution < -0.4 is 10.6 Å². The van der Waals surface area contributed by atoms with Crippen LogP contribution in [0.1, 0.15) is 17.0 Å². The second-order valence-corrected chi connectivity index (χ2v) is 5.38. The van der Waals surface area contributed by atoms with Gasteiger partial charge in [-0.25, -0.2) is 14.4 Å². The van der Waals surface area contributed by atoms with Crippen molar-refractivity contribution in [2.75, 3.05) is 10.6 Å². The van der Waals surface area contributed by atoms with Gasteiger partial charge in [0.05, 0.1) is 0 Å². The molecule has 6 heteroatoms. The molecule has 3 rings (SSSR count). The number of aromatic nitrogens is 3. The van der Waals surface area contributed by atoms with Gasteiger partial charge < -0.3 is 10.6 Å². The lowest BCUT2D eigenvalue weighted by Gasteiger charge is -2.10. The highest BCUT2D eigenvalue weighted by atomic mass is 19.1. The van der Waals surface area contributed by atoms with Crippen molar-refractivity contribution < 1.29 is 4.39 Å². The third kappa shape index (κ3) is 4.49. The summed E-state index contributed by atoms with van der Waals surface area (Å²) >= 11 is 0. The Kier molecular flexibility index (Phi) is 4.96. The highest BCUT2D eigenvalue weighted by molar-refractivity contribution is 5.48. The van der Waals surface area contributed by atoms with Gasteiger partial charge in [-0.3, -0.25) is 4.98 Å². The molecule has 0 fully saturated rings. The van der Waals surface area contributed by atoms with Crippen LogP contribution >= 0.6 is 0 Å². The predicted octanol–water partition coefficient (Wildman–Crippen LogP) is 3.54. The van der Waals surface area contributed by atoms with Crippen molar-refractivity contribution in [3.8, 4) is 0 Å². The van der Waals surface area contributed by atoms with Gasteiger partial charge in [0.15, 0.2) is 0 Å². The summed E-state index contributed by atoms with van der Waals surface area (Å²) in [6, 6.07) is 12.1. The maximum absolute atomic E-state index is 12.9. The minimum Gasteiger partial charge on any atom is -0.366 e. The van der Waals surface area contributed by atoms with E-state index in [0.29, 0.717) is 18.9 Å². The van der Waals surface area contributed by atoms with Gasteiger partial charge in [0.25, 0.3) is 0 Å². The molecular weight excluding hydrogens is 305 g/mol. The van der Waals surface area contributed by atoms with Crippen molar-refractivity contribution in [1.82, 2.24) is 15.0 Å². The number of nitrogens with zero attached hydrogens (tertiary/aromatic N) is 3. The molecule has 2 aromatic heterocycles. The van der Waals surface area contributed by atoms with E-state index in [0.717, 1.165) is 22.8 Å². The van der Waals surface area contributed by atoms with E-state index in [1.807, 2.05) is 31.3 Å². The lowest BCUT2D eigenvalue weighted by molar-refractivity contribution is 0.627. The Hall–Kier alpha value is -3.02. The molecule has 0 aliphatic heterocycles. The first kappa shape index (κ1) is 15.9. The molecule has 0 radical (unpaired) electrons. The van der Waals surface area contributed by atoms with Crippen LogP contribution in [-0.4, -0.2) is 15.0 Å². The summed E-state index contributed by atoms with van der Waals surface area (Å²) in [6.07, 6.45) is 3.56. The number of rotatable bonds is 6. The summed E-state index contributed by atoms with van der Waals surface area (Å²) in [7, 11) is 0. The molecule has 0 bridgehead atoms. The molecule has 0 saturated heterocycles. The van der Waals surface area contributed by atoms with Crippen LogP contribution in [0.4, 0.5) is 16.0 Å². The van der Waals surface area contributed by atoms with Crippen molar-refractivity contribution in [2.45, 2.75) is 20.0 Å². The molecule has 0 saturated carbocycles. The topological polar surface area (TPSA) is 62.7 Å². The standard InChI is InChI=1S/C18H18FN5/c1-13-23-17(21-11-14-4-6-16(19)7-5-14)9-18(24-13)22-12-15-3-2-8-20-10-15/h2-10H,11-12H2,1H3,(H2,21,22,23,24). The van der Waals surface area contributed by atoms with Crippen molar-refractivity contribution >= 4 is 11.6 Å². The van der Waals surface area contributed by atoms with Gasteiger partial charge in [0.1, 0.15) is 23.3 Å². The number of hydrogen-bond acceptors (Lipinski definition) is 5. The summed E-state index contributed by atoms with van der Waals surface area (Å²) in [4.78, 5) is 12.8. The summed E-state index contributed by atoms with van der Waals surface area (Å²) in [5, 5.41) is 6.50. The first-order valence-electron chi connectivity index (χ1n) is 7.66. The fraction of sp³-hybridized carbons (Fsp3) is 0.167. The van der Waals surface area contributed by atoms with E-state index in [1.165, 1.54) is 12.1 Å². The molecule has 0 amide bonds. The Morgan fingerprint density at radius 1 is 0.917 bits per heavy atom. The lowest BCUT2D eigenvalue weighted by atomic mass is 10.2. The van der Waals surface area contributed by atoms with Crippen LogP contribution in [0, 0.1) is 12.7 Å². The summed E-state index contributed by atoms with van der Waals surface area (Å²) < 4.78 is 12.9. The average Bonchev–Trinajstić information content (AvgIpc) is 2.60. The molecule has 0 unspecified atom stereocenters. The number of halogens is 1. The first-order chi connectivity index (χ1) is 11.7. The van der Waals surface area contributed by atoms with Crippen LogP contribution in [-0.2, 0) is 13.1 Å². The molecule has 2 heterocycles. The van der Waals surface area contributed by atoms with Crippen LogP contribution in [0.3, 0.4) is 0 Å². The maximum atomic E-state index is 12.9. The fourth-order valence-corrected chi connectivity index (χ4v) is 2.24. The minimum atomic E-state index is -0.237. The van der Waals surface area contributed by atoms with Gasteiger partial charge in [0, 0.05) is 31.5 Å². The zero-order chi connectivity index (χ0) is 16.8. The molecular formula is C18H18FN5. The van der Waals surface area contributed by atoms with Crippen LogP contribution in [0.2, 0.25) is 0 Å². The van der Waals surface area contributed by atoms with Crippen LogP contribution in [0.5, 0.6) is 0 Å². The van der Waals surface area contributed by atoms with E-state index in [9.17, 15) is 4.39 Å². The summed E-state index contributed by atoms with van der Waals surface area (Å²) in [5.74, 6) is 1.90. The molecule has 0 atom stereocenters. The highest BCUT2D eigenvalue weighted by Gasteiger charge is 2.03. The van der Waals surface area contributed by atoms with E-state index in [2.05, 4.69) is 25.6 Å². The Morgan fingerprint density at radius 3 is 2.21 bits per heavy atom. The molecule has 122 valence electrons. The zero-order valence-corrected chi connectivity index (χ0v) is 13.3. The van der Waals surface area contributed by atoms with Gasteiger partial charge in [-0.15, -0.1) is 0 Å². The Bertz CT molecular complexity index is 790. The van der Waals surface area contributed by atoms with Crippen molar-refractivity contribution in [3.63, 3.8) is 0 Å². The van der Waals surface area contributed by atoms with Crippen LogP contribution in [0.25, 0.3) is 0 Å². The molecule has 24 heavy (non-hydrogen) atoms. The van der Waals surface area contributed by atoms with Crippen molar-refractivity contribution in [3.05, 3.63) is 77.6 Å². The number of anilines is 2. The predicted molar refractivity (Wildman–Crippen MR) is 92.1 cm³/mol. The average molecular weight is 323 g/mol. The highest BCUT2D eigenvalue weighted by Crippen LogP contribution is 2.14.